The Morgan fingerprint density at radius 3 is 1.90 bits per heavy atom. The van der Waals surface area contributed by atoms with Crippen LogP contribution in [0.5, 0.6) is 0 Å². The lowest BCUT2D eigenvalue weighted by atomic mass is 10.0. The lowest BCUT2D eigenvalue weighted by Crippen LogP contribution is -2.08. The van der Waals surface area contributed by atoms with Crippen molar-refractivity contribution in [2.24, 2.45) is 0 Å². The molecule has 0 aliphatic rings. The third-order valence-corrected chi connectivity index (χ3v) is 3.47. The molecule has 21 heavy (non-hydrogen) atoms. The van der Waals surface area contributed by atoms with Gasteiger partial charge in [0.05, 0.1) is 5.69 Å². The second kappa shape index (κ2) is 6.10. The Bertz CT molecular complexity index is 717. The lowest BCUT2D eigenvalue weighted by molar-refractivity contribution is 1.29. The number of hydrogen-bond donors (Lipinski definition) is 0. The monoisotopic (exact) mass is 271 g/mol. The fourth-order valence-corrected chi connectivity index (χ4v) is 2.48. The highest BCUT2D eigenvalue weighted by molar-refractivity contribution is 5.83. The maximum Gasteiger partial charge on any atom is 0.0533 e. The lowest BCUT2D eigenvalue weighted by Gasteiger charge is -2.23. The highest BCUT2D eigenvalue weighted by atomic mass is 15.1. The molecule has 0 unspecified atom stereocenters. The summed E-state index contributed by atoms with van der Waals surface area (Å²) in [6.07, 6.45) is 1.86. The first kappa shape index (κ1) is 13.2. The van der Waals surface area contributed by atoms with Gasteiger partial charge in [-0.3, -0.25) is 0 Å². The predicted molar refractivity (Wildman–Crippen MR) is 90.7 cm³/mol. The Kier molecular flexibility index (Phi) is 3.83. The number of rotatable bonds is 4. The molecule has 0 fully saturated rings. The zero-order valence-corrected chi connectivity index (χ0v) is 11.8. The summed E-state index contributed by atoms with van der Waals surface area (Å²) in [6.45, 7) is 3.97. The summed E-state index contributed by atoms with van der Waals surface area (Å²) < 4.78 is 0. The highest BCUT2D eigenvalue weighted by Gasteiger charge is 2.11. The van der Waals surface area contributed by atoms with E-state index in [1.54, 1.807) is 0 Å². The zero-order chi connectivity index (χ0) is 14.5. The van der Waals surface area contributed by atoms with Gasteiger partial charge in [-0.05, 0) is 23.8 Å². The standard InChI is InChI=1S/C20H17N/c1-2-21(18-13-7-4-8-14-18)20-16-10-9-15-19(20)17-11-5-3-6-12-17/h2-16H,1H2. The van der Waals surface area contributed by atoms with Crippen LogP contribution in [0.1, 0.15) is 0 Å². The number of hydrogen-bond acceptors (Lipinski definition) is 1. The van der Waals surface area contributed by atoms with Crippen molar-refractivity contribution >= 4 is 11.4 Å². The Morgan fingerprint density at radius 2 is 1.24 bits per heavy atom. The van der Waals surface area contributed by atoms with Crippen molar-refractivity contribution in [3.63, 3.8) is 0 Å². The Balaban J connectivity index is 2.12. The van der Waals surface area contributed by atoms with Crippen molar-refractivity contribution < 1.29 is 0 Å². The predicted octanol–water partition coefficient (Wildman–Crippen LogP) is 5.64. The van der Waals surface area contributed by atoms with E-state index >= 15 is 0 Å². The van der Waals surface area contributed by atoms with Crippen LogP contribution in [0.4, 0.5) is 11.4 Å². The van der Waals surface area contributed by atoms with Gasteiger partial charge in [0.2, 0.25) is 0 Å². The van der Waals surface area contributed by atoms with Crippen LogP contribution in [0.15, 0.2) is 97.7 Å². The molecule has 0 heterocycles. The quantitative estimate of drug-likeness (QED) is 0.594. The molecule has 0 saturated heterocycles. The molecular formula is C20H17N. The van der Waals surface area contributed by atoms with E-state index < -0.39 is 0 Å². The van der Waals surface area contributed by atoms with E-state index in [0.29, 0.717) is 0 Å². The minimum atomic E-state index is 1.11. The summed E-state index contributed by atoms with van der Waals surface area (Å²) in [5.74, 6) is 0. The number of benzene rings is 3. The molecule has 0 radical (unpaired) electrons. The second-order valence-corrected chi connectivity index (χ2v) is 4.77. The van der Waals surface area contributed by atoms with Gasteiger partial charge in [-0.25, -0.2) is 0 Å². The normalized spacial score (nSPS) is 10.1. The van der Waals surface area contributed by atoms with Crippen LogP contribution in [0, 0.1) is 0 Å². The summed E-state index contributed by atoms with van der Waals surface area (Å²) in [6, 6.07) is 29.1. The van der Waals surface area contributed by atoms with Gasteiger partial charge in [0.1, 0.15) is 0 Å². The highest BCUT2D eigenvalue weighted by Crippen LogP contribution is 2.34. The van der Waals surface area contributed by atoms with E-state index in [9.17, 15) is 0 Å². The van der Waals surface area contributed by atoms with Gasteiger partial charge in [0, 0.05) is 17.5 Å². The maximum absolute atomic E-state index is 3.97. The second-order valence-electron chi connectivity index (χ2n) is 4.77. The average molecular weight is 271 g/mol. The average Bonchev–Trinajstić information content (AvgIpc) is 2.58. The molecule has 0 saturated carbocycles. The van der Waals surface area contributed by atoms with Crippen LogP contribution in [0.2, 0.25) is 0 Å². The summed E-state index contributed by atoms with van der Waals surface area (Å²) in [7, 11) is 0. The van der Waals surface area contributed by atoms with Gasteiger partial charge in [-0.2, -0.15) is 0 Å². The van der Waals surface area contributed by atoms with Gasteiger partial charge < -0.3 is 4.90 Å². The molecule has 1 heteroatoms. The fourth-order valence-electron chi connectivity index (χ4n) is 2.48. The van der Waals surface area contributed by atoms with Gasteiger partial charge in [0.15, 0.2) is 0 Å². The smallest absolute Gasteiger partial charge is 0.0533 e. The summed E-state index contributed by atoms with van der Waals surface area (Å²) >= 11 is 0. The van der Waals surface area contributed by atoms with E-state index in [1.807, 2.05) is 30.5 Å². The van der Waals surface area contributed by atoms with Crippen molar-refractivity contribution in [2.75, 3.05) is 4.90 Å². The molecule has 102 valence electrons. The van der Waals surface area contributed by atoms with Crippen LogP contribution in [-0.4, -0.2) is 0 Å². The van der Waals surface area contributed by atoms with E-state index in [1.165, 1.54) is 11.1 Å². The van der Waals surface area contributed by atoms with Crippen molar-refractivity contribution in [1.82, 2.24) is 0 Å². The largest absolute Gasteiger partial charge is 0.317 e. The van der Waals surface area contributed by atoms with Crippen molar-refractivity contribution in [3.05, 3.63) is 97.7 Å². The van der Waals surface area contributed by atoms with Crippen molar-refractivity contribution in [1.29, 1.82) is 0 Å². The van der Waals surface area contributed by atoms with Crippen LogP contribution < -0.4 is 4.90 Å². The minimum Gasteiger partial charge on any atom is -0.317 e. The molecule has 3 aromatic rings. The molecule has 0 aromatic heterocycles. The van der Waals surface area contributed by atoms with Crippen LogP contribution in [0.25, 0.3) is 11.1 Å². The Morgan fingerprint density at radius 1 is 0.667 bits per heavy atom. The SMILES string of the molecule is C=CN(c1ccccc1)c1ccccc1-c1ccccc1. The molecule has 3 aromatic carbocycles. The van der Waals surface area contributed by atoms with E-state index in [-0.39, 0.29) is 0 Å². The first-order chi connectivity index (χ1) is 10.4. The number of nitrogens with zero attached hydrogens (tertiary/aromatic N) is 1. The van der Waals surface area contributed by atoms with Gasteiger partial charge in [-0.15, -0.1) is 0 Å². The van der Waals surface area contributed by atoms with E-state index in [2.05, 4.69) is 72.1 Å². The summed E-state index contributed by atoms with van der Waals surface area (Å²) in [5.41, 5.74) is 4.64. The molecule has 0 bridgehead atoms. The molecule has 0 spiro atoms. The van der Waals surface area contributed by atoms with Gasteiger partial charge in [-0.1, -0.05) is 73.3 Å². The van der Waals surface area contributed by atoms with Crippen molar-refractivity contribution in [3.8, 4) is 11.1 Å². The molecule has 0 aliphatic carbocycles. The molecule has 0 amide bonds. The summed E-state index contributed by atoms with van der Waals surface area (Å²) in [4.78, 5) is 2.11. The molecule has 0 N–H and O–H groups in total. The van der Waals surface area contributed by atoms with E-state index in [0.717, 1.165) is 11.4 Å². The third-order valence-electron chi connectivity index (χ3n) is 3.47. The van der Waals surface area contributed by atoms with Crippen LogP contribution >= 0.6 is 0 Å². The van der Waals surface area contributed by atoms with Gasteiger partial charge >= 0.3 is 0 Å². The minimum absolute atomic E-state index is 1.11. The van der Waals surface area contributed by atoms with Crippen LogP contribution in [0.3, 0.4) is 0 Å². The Labute approximate surface area is 125 Å². The topological polar surface area (TPSA) is 3.24 Å². The van der Waals surface area contributed by atoms with Gasteiger partial charge in [0.25, 0.3) is 0 Å². The van der Waals surface area contributed by atoms with Crippen molar-refractivity contribution in [2.45, 2.75) is 0 Å². The Hall–Kier alpha value is -2.80. The van der Waals surface area contributed by atoms with E-state index in [4.69, 9.17) is 0 Å². The third kappa shape index (κ3) is 2.72. The number of para-hydroxylation sites is 2. The number of anilines is 2. The summed E-state index contributed by atoms with van der Waals surface area (Å²) in [5, 5.41) is 0. The molecular weight excluding hydrogens is 254 g/mol. The maximum atomic E-state index is 3.97. The molecule has 0 aliphatic heterocycles. The van der Waals surface area contributed by atoms with Crippen LogP contribution in [-0.2, 0) is 0 Å². The molecule has 0 atom stereocenters. The molecule has 1 nitrogen and oxygen atoms in total. The first-order valence-corrected chi connectivity index (χ1v) is 7.01. The zero-order valence-electron chi connectivity index (χ0n) is 11.8. The first-order valence-electron chi connectivity index (χ1n) is 7.01. The molecule has 3 rings (SSSR count). The fraction of sp³-hybridized carbons (Fsp3) is 0.